The largest absolute Gasteiger partial charge is 0.342 e. The summed E-state index contributed by atoms with van der Waals surface area (Å²) in [5.74, 6) is 1.09. The van der Waals surface area contributed by atoms with Crippen molar-refractivity contribution in [1.82, 2.24) is 14.7 Å². The van der Waals surface area contributed by atoms with Gasteiger partial charge in [0.25, 0.3) is 0 Å². The zero-order chi connectivity index (χ0) is 17.7. The molecule has 138 valence electrons. The van der Waals surface area contributed by atoms with Crippen LogP contribution in [0.15, 0.2) is 0 Å². The molecule has 2 rings (SSSR count). The summed E-state index contributed by atoms with van der Waals surface area (Å²) in [5.41, 5.74) is 0. The topological polar surface area (TPSA) is 43.9 Å². The second kappa shape index (κ2) is 8.84. The number of nitrogens with zero attached hydrogens (tertiary/aromatic N) is 3. The van der Waals surface area contributed by atoms with Gasteiger partial charge in [-0.3, -0.25) is 14.5 Å². The third kappa shape index (κ3) is 4.29. The summed E-state index contributed by atoms with van der Waals surface area (Å²) in [6.07, 6.45) is 4.84. The molecule has 24 heavy (non-hydrogen) atoms. The van der Waals surface area contributed by atoms with Crippen LogP contribution in [0.4, 0.5) is 0 Å². The van der Waals surface area contributed by atoms with Crippen molar-refractivity contribution in [2.75, 3.05) is 39.3 Å². The van der Waals surface area contributed by atoms with Crippen molar-refractivity contribution in [2.45, 2.75) is 59.4 Å². The molecule has 0 bridgehead atoms. The van der Waals surface area contributed by atoms with Crippen molar-refractivity contribution < 1.29 is 9.59 Å². The van der Waals surface area contributed by atoms with Crippen LogP contribution in [-0.4, -0.2) is 71.8 Å². The third-order valence-corrected chi connectivity index (χ3v) is 5.69. The number of hydrogen-bond donors (Lipinski definition) is 0. The second-order valence-electron chi connectivity index (χ2n) is 7.52. The van der Waals surface area contributed by atoms with E-state index in [1.807, 2.05) is 23.6 Å². The SMILES string of the molecule is CCN(CC)C(=O)C(C1CCCC1)N1CCN(C(=O)C(C)C)CC1. The molecule has 1 saturated carbocycles. The summed E-state index contributed by atoms with van der Waals surface area (Å²) < 4.78 is 0. The Balaban J connectivity index is 2.05. The van der Waals surface area contributed by atoms with Gasteiger partial charge in [-0.2, -0.15) is 0 Å². The molecule has 2 aliphatic rings. The Morgan fingerprint density at radius 1 is 1.00 bits per heavy atom. The van der Waals surface area contributed by atoms with Crippen LogP contribution < -0.4 is 0 Å². The van der Waals surface area contributed by atoms with Gasteiger partial charge in [0.2, 0.25) is 11.8 Å². The predicted molar refractivity (Wildman–Crippen MR) is 96.7 cm³/mol. The Hall–Kier alpha value is -1.10. The maximum atomic E-state index is 13.1. The normalized spacial score (nSPS) is 21.3. The number of likely N-dealkylation sites (N-methyl/N-ethyl adjacent to an activating group) is 1. The highest BCUT2D eigenvalue weighted by atomic mass is 16.2. The van der Waals surface area contributed by atoms with Crippen molar-refractivity contribution in [3.8, 4) is 0 Å². The molecular weight excluding hydrogens is 302 g/mol. The lowest BCUT2D eigenvalue weighted by molar-refractivity contribution is -0.142. The minimum atomic E-state index is 0.0173. The van der Waals surface area contributed by atoms with Gasteiger partial charge in [0, 0.05) is 45.2 Å². The lowest BCUT2D eigenvalue weighted by Gasteiger charge is -2.42. The average molecular weight is 338 g/mol. The van der Waals surface area contributed by atoms with E-state index in [9.17, 15) is 9.59 Å². The van der Waals surface area contributed by atoms with Gasteiger partial charge in [-0.25, -0.2) is 0 Å². The van der Waals surface area contributed by atoms with Gasteiger partial charge in [-0.1, -0.05) is 26.7 Å². The van der Waals surface area contributed by atoms with Crippen LogP contribution in [0, 0.1) is 11.8 Å². The highest BCUT2D eigenvalue weighted by Crippen LogP contribution is 2.32. The van der Waals surface area contributed by atoms with Gasteiger partial charge < -0.3 is 9.80 Å². The quantitative estimate of drug-likeness (QED) is 0.746. The molecule has 2 amide bonds. The molecular formula is C19H35N3O2. The number of hydrogen-bond acceptors (Lipinski definition) is 3. The van der Waals surface area contributed by atoms with Crippen LogP contribution in [0.2, 0.25) is 0 Å². The van der Waals surface area contributed by atoms with Crippen LogP contribution in [-0.2, 0) is 9.59 Å². The minimum absolute atomic E-state index is 0.0173. The molecule has 5 nitrogen and oxygen atoms in total. The van der Waals surface area contributed by atoms with E-state index in [4.69, 9.17) is 0 Å². The molecule has 1 aliphatic heterocycles. The van der Waals surface area contributed by atoms with E-state index >= 15 is 0 Å². The molecule has 0 aromatic rings. The van der Waals surface area contributed by atoms with Crippen molar-refractivity contribution in [1.29, 1.82) is 0 Å². The van der Waals surface area contributed by atoms with Crippen LogP contribution in [0.1, 0.15) is 53.4 Å². The first-order valence-electron chi connectivity index (χ1n) is 9.81. The first-order chi connectivity index (χ1) is 11.5. The van der Waals surface area contributed by atoms with Crippen molar-refractivity contribution in [2.24, 2.45) is 11.8 Å². The summed E-state index contributed by atoms with van der Waals surface area (Å²) in [6.45, 7) is 12.8. The molecule has 0 spiro atoms. The first kappa shape index (κ1) is 19.2. The Bertz CT molecular complexity index is 420. The maximum Gasteiger partial charge on any atom is 0.240 e. The van der Waals surface area contributed by atoms with Crippen molar-refractivity contribution in [3.63, 3.8) is 0 Å². The fraction of sp³-hybridized carbons (Fsp3) is 0.895. The number of amides is 2. The predicted octanol–water partition coefficient (Wildman–Crippen LogP) is 2.21. The lowest BCUT2D eigenvalue weighted by Crippen LogP contribution is -2.58. The molecule has 1 aliphatic carbocycles. The van der Waals surface area contributed by atoms with Crippen LogP contribution in [0.5, 0.6) is 0 Å². The molecule has 0 N–H and O–H groups in total. The van der Waals surface area contributed by atoms with Gasteiger partial charge in [-0.05, 0) is 32.6 Å². The van der Waals surface area contributed by atoms with E-state index in [0.29, 0.717) is 11.8 Å². The Kier molecular flexibility index (Phi) is 7.08. The molecule has 1 atom stereocenters. The van der Waals surface area contributed by atoms with E-state index < -0.39 is 0 Å². The number of rotatable bonds is 6. The summed E-state index contributed by atoms with van der Waals surface area (Å²) in [4.78, 5) is 31.6. The molecule has 1 saturated heterocycles. The van der Waals surface area contributed by atoms with Gasteiger partial charge in [0.1, 0.15) is 0 Å². The standard InChI is InChI=1S/C19H35N3O2/c1-5-20(6-2)19(24)17(16-9-7-8-10-16)21-11-13-22(14-12-21)18(23)15(3)4/h15-17H,5-14H2,1-4H3. The number of piperazine rings is 1. The molecule has 1 unspecified atom stereocenters. The average Bonchev–Trinajstić information content (AvgIpc) is 3.10. The van der Waals surface area contributed by atoms with Crippen molar-refractivity contribution in [3.05, 3.63) is 0 Å². The molecule has 0 radical (unpaired) electrons. The highest BCUT2D eigenvalue weighted by molar-refractivity contribution is 5.82. The summed E-state index contributed by atoms with van der Waals surface area (Å²) in [7, 11) is 0. The Labute approximate surface area is 147 Å². The van der Waals surface area contributed by atoms with Crippen molar-refractivity contribution >= 4 is 11.8 Å². The molecule has 0 aromatic carbocycles. The molecule has 0 aromatic heterocycles. The van der Waals surface area contributed by atoms with Gasteiger partial charge in [-0.15, -0.1) is 0 Å². The Morgan fingerprint density at radius 3 is 2.00 bits per heavy atom. The fourth-order valence-corrected chi connectivity index (χ4v) is 4.24. The fourth-order valence-electron chi connectivity index (χ4n) is 4.24. The van der Waals surface area contributed by atoms with Gasteiger partial charge >= 0.3 is 0 Å². The van der Waals surface area contributed by atoms with E-state index in [1.165, 1.54) is 25.7 Å². The summed E-state index contributed by atoms with van der Waals surface area (Å²) >= 11 is 0. The summed E-state index contributed by atoms with van der Waals surface area (Å²) in [5, 5.41) is 0. The third-order valence-electron chi connectivity index (χ3n) is 5.69. The van der Waals surface area contributed by atoms with E-state index in [-0.39, 0.29) is 17.9 Å². The lowest BCUT2D eigenvalue weighted by atomic mass is 9.94. The van der Waals surface area contributed by atoms with Gasteiger partial charge in [0.05, 0.1) is 6.04 Å². The Morgan fingerprint density at radius 2 is 1.54 bits per heavy atom. The second-order valence-corrected chi connectivity index (χ2v) is 7.52. The maximum absolute atomic E-state index is 13.1. The van der Waals surface area contributed by atoms with Crippen LogP contribution in [0.3, 0.4) is 0 Å². The smallest absolute Gasteiger partial charge is 0.240 e. The highest BCUT2D eigenvalue weighted by Gasteiger charge is 2.38. The van der Waals surface area contributed by atoms with E-state index in [1.54, 1.807) is 0 Å². The summed E-state index contributed by atoms with van der Waals surface area (Å²) in [6, 6.07) is 0.0173. The number of carbonyl (C=O) groups excluding carboxylic acids is 2. The van der Waals surface area contributed by atoms with E-state index in [0.717, 1.165) is 39.3 Å². The molecule has 1 heterocycles. The molecule has 2 fully saturated rings. The first-order valence-corrected chi connectivity index (χ1v) is 9.81. The number of carbonyl (C=O) groups is 2. The zero-order valence-corrected chi connectivity index (χ0v) is 16.0. The zero-order valence-electron chi connectivity index (χ0n) is 16.0. The molecule has 5 heteroatoms. The van der Waals surface area contributed by atoms with Crippen LogP contribution >= 0.6 is 0 Å². The minimum Gasteiger partial charge on any atom is -0.342 e. The monoisotopic (exact) mass is 337 g/mol. The van der Waals surface area contributed by atoms with Gasteiger partial charge in [0.15, 0.2) is 0 Å². The van der Waals surface area contributed by atoms with Crippen LogP contribution in [0.25, 0.3) is 0 Å². The van der Waals surface area contributed by atoms with E-state index in [2.05, 4.69) is 18.7 Å².